The monoisotopic (exact) mass is 382 g/mol. The average Bonchev–Trinajstić information content (AvgIpc) is 2.72. The number of pyridine rings is 1. The van der Waals surface area contributed by atoms with Crippen LogP contribution in [0.2, 0.25) is 5.02 Å². The van der Waals surface area contributed by atoms with E-state index in [1.165, 1.54) is 0 Å². The molecule has 0 bridgehead atoms. The lowest BCUT2D eigenvalue weighted by Crippen LogP contribution is -2.43. The van der Waals surface area contributed by atoms with Crippen LogP contribution in [0.3, 0.4) is 0 Å². The predicted molar refractivity (Wildman–Crippen MR) is 105 cm³/mol. The van der Waals surface area contributed by atoms with E-state index in [0.717, 1.165) is 22.2 Å². The Morgan fingerprint density at radius 2 is 1.85 bits per heavy atom. The maximum Gasteiger partial charge on any atom is 0.260 e. The van der Waals surface area contributed by atoms with E-state index >= 15 is 0 Å². The van der Waals surface area contributed by atoms with E-state index < -0.39 is 0 Å². The smallest absolute Gasteiger partial charge is 0.260 e. The van der Waals surface area contributed by atoms with E-state index in [9.17, 15) is 4.79 Å². The van der Waals surface area contributed by atoms with Crippen LogP contribution in [0.1, 0.15) is 0 Å². The van der Waals surface area contributed by atoms with E-state index in [1.54, 1.807) is 4.90 Å². The Bertz CT molecular complexity index is 953. The van der Waals surface area contributed by atoms with Crippen molar-refractivity contribution in [2.24, 2.45) is 0 Å². The molecule has 0 saturated carbocycles. The third-order valence-electron chi connectivity index (χ3n) is 4.53. The van der Waals surface area contributed by atoms with Crippen LogP contribution >= 0.6 is 11.6 Å². The van der Waals surface area contributed by atoms with Gasteiger partial charge >= 0.3 is 0 Å². The molecule has 5 nitrogen and oxygen atoms in total. The average molecular weight is 383 g/mol. The molecule has 0 N–H and O–H groups in total. The Hall–Kier alpha value is -2.63. The number of halogens is 1. The number of ether oxygens (including phenoxy) is 2. The minimum Gasteiger partial charge on any atom is -0.483 e. The lowest BCUT2D eigenvalue weighted by atomic mass is 10.1. The first-order valence-corrected chi connectivity index (χ1v) is 9.22. The van der Waals surface area contributed by atoms with Crippen LogP contribution in [0.4, 0.5) is 0 Å². The van der Waals surface area contributed by atoms with Gasteiger partial charge in [-0.15, -0.1) is 0 Å². The summed E-state index contributed by atoms with van der Waals surface area (Å²) < 4.78 is 11.2. The van der Waals surface area contributed by atoms with Gasteiger partial charge in [-0.3, -0.25) is 4.79 Å². The summed E-state index contributed by atoms with van der Waals surface area (Å²) in [4.78, 5) is 18.9. The topological polar surface area (TPSA) is 51.7 Å². The second kappa shape index (κ2) is 7.94. The van der Waals surface area contributed by atoms with Crippen molar-refractivity contribution in [2.75, 3.05) is 32.9 Å². The molecule has 0 unspecified atom stereocenters. The molecule has 1 saturated heterocycles. The van der Waals surface area contributed by atoms with Crippen molar-refractivity contribution in [1.82, 2.24) is 9.88 Å². The predicted octanol–water partition coefficient (Wildman–Crippen LogP) is 3.79. The highest BCUT2D eigenvalue weighted by atomic mass is 35.5. The van der Waals surface area contributed by atoms with Crippen LogP contribution < -0.4 is 4.74 Å². The second-order valence-corrected chi connectivity index (χ2v) is 6.75. The van der Waals surface area contributed by atoms with Crippen LogP contribution in [0.25, 0.3) is 22.2 Å². The first kappa shape index (κ1) is 17.8. The van der Waals surface area contributed by atoms with Crippen molar-refractivity contribution in [2.45, 2.75) is 0 Å². The van der Waals surface area contributed by atoms with Crippen molar-refractivity contribution >= 4 is 28.4 Å². The molecule has 4 rings (SSSR count). The number of hydrogen-bond acceptors (Lipinski definition) is 4. The van der Waals surface area contributed by atoms with E-state index in [2.05, 4.69) is 0 Å². The molecule has 1 amide bonds. The second-order valence-electron chi connectivity index (χ2n) is 6.31. The maximum atomic E-state index is 12.4. The Labute approximate surface area is 162 Å². The highest BCUT2D eigenvalue weighted by Crippen LogP contribution is 2.30. The van der Waals surface area contributed by atoms with E-state index in [1.807, 2.05) is 54.6 Å². The number of aromatic nitrogens is 1. The molecule has 1 aliphatic rings. The first-order chi connectivity index (χ1) is 13.2. The molecule has 138 valence electrons. The fourth-order valence-electron chi connectivity index (χ4n) is 3.07. The Morgan fingerprint density at radius 3 is 2.63 bits per heavy atom. The molecule has 0 radical (unpaired) electrons. The summed E-state index contributed by atoms with van der Waals surface area (Å²) in [7, 11) is 0. The van der Waals surface area contributed by atoms with Crippen molar-refractivity contribution in [3.63, 3.8) is 0 Å². The van der Waals surface area contributed by atoms with Crippen LogP contribution in [0, 0.1) is 0 Å². The maximum absolute atomic E-state index is 12.4. The first-order valence-electron chi connectivity index (χ1n) is 8.85. The molecule has 2 heterocycles. The molecule has 0 aliphatic carbocycles. The fraction of sp³-hybridized carbons (Fsp3) is 0.238. The number of amides is 1. The normalized spacial score (nSPS) is 14.3. The minimum absolute atomic E-state index is 0.00589. The number of morpholine rings is 1. The summed E-state index contributed by atoms with van der Waals surface area (Å²) in [6.45, 7) is 2.36. The number of fused-ring (bicyclic) bond motifs is 1. The van der Waals surface area contributed by atoms with Gasteiger partial charge in [-0.2, -0.15) is 0 Å². The summed E-state index contributed by atoms with van der Waals surface area (Å²) in [5.41, 5.74) is 2.53. The molecular weight excluding hydrogens is 364 g/mol. The molecule has 1 fully saturated rings. The van der Waals surface area contributed by atoms with Crippen LogP contribution in [-0.4, -0.2) is 48.7 Å². The molecule has 2 aromatic carbocycles. The molecular formula is C21H19ClN2O3. The van der Waals surface area contributed by atoms with Gasteiger partial charge in [0, 0.05) is 35.1 Å². The number of carbonyl (C=O) groups is 1. The van der Waals surface area contributed by atoms with Crippen LogP contribution in [0.15, 0.2) is 54.6 Å². The van der Waals surface area contributed by atoms with E-state index in [-0.39, 0.29) is 12.5 Å². The minimum atomic E-state index is -0.0350. The largest absolute Gasteiger partial charge is 0.483 e. The van der Waals surface area contributed by atoms with Gasteiger partial charge in [-0.05, 0) is 24.3 Å². The summed E-state index contributed by atoms with van der Waals surface area (Å²) in [6.07, 6.45) is 0. The fourth-order valence-corrected chi connectivity index (χ4v) is 3.20. The molecule has 1 aliphatic heterocycles. The number of benzene rings is 2. The Morgan fingerprint density at radius 1 is 1.11 bits per heavy atom. The SMILES string of the molecule is O=C(COc1cc(-c2ccc(Cl)cc2)nc2ccccc12)N1CCOCC1. The van der Waals surface area contributed by atoms with Gasteiger partial charge in [0.05, 0.1) is 24.4 Å². The lowest BCUT2D eigenvalue weighted by molar-refractivity contribution is -0.137. The highest BCUT2D eigenvalue weighted by molar-refractivity contribution is 6.30. The lowest BCUT2D eigenvalue weighted by Gasteiger charge is -2.26. The van der Waals surface area contributed by atoms with Gasteiger partial charge in [0.15, 0.2) is 6.61 Å². The Kier molecular flexibility index (Phi) is 5.23. The molecule has 27 heavy (non-hydrogen) atoms. The van der Waals surface area contributed by atoms with Crippen LogP contribution in [0.5, 0.6) is 5.75 Å². The van der Waals surface area contributed by atoms with Gasteiger partial charge in [0.1, 0.15) is 5.75 Å². The van der Waals surface area contributed by atoms with Crippen LogP contribution in [-0.2, 0) is 9.53 Å². The third kappa shape index (κ3) is 4.04. The number of rotatable bonds is 4. The summed E-state index contributed by atoms with van der Waals surface area (Å²) in [5, 5.41) is 1.55. The summed E-state index contributed by atoms with van der Waals surface area (Å²) in [6, 6.07) is 17.1. The standard InChI is InChI=1S/C21H19ClN2O3/c22-16-7-5-15(6-8-16)19-13-20(17-3-1-2-4-18(17)23-19)27-14-21(25)24-9-11-26-12-10-24/h1-8,13H,9-12,14H2. The van der Waals surface area contributed by atoms with Gasteiger partial charge in [-0.25, -0.2) is 4.98 Å². The summed E-state index contributed by atoms with van der Waals surface area (Å²) in [5.74, 6) is 0.611. The zero-order valence-electron chi connectivity index (χ0n) is 14.7. The van der Waals surface area contributed by atoms with Crippen molar-refractivity contribution in [3.05, 3.63) is 59.6 Å². The summed E-state index contributed by atoms with van der Waals surface area (Å²) >= 11 is 5.99. The third-order valence-corrected chi connectivity index (χ3v) is 4.79. The van der Waals surface area contributed by atoms with Crippen molar-refractivity contribution in [1.29, 1.82) is 0 Å². The zero-order chi connectivity index (χ0) is 18.6. The molecule has 6 heteroatoms. The quantitative estimate of drug-likeness (QED) is 0.688. The molecule has 0 spiro atoms. The number of carbonyl (C=O) groups excluding carboxylic acids is 1. The highest BCUT2D eigenvalue weighted by Gasteiger charge is 2.18. The van der Waals surface area contributed by atoms with Crippen molar-refractivity contribution < 1.29 is 14.3 Å². The van der Waals surface area contributed by atoms with Gasteiger partial charge in [0.25, 0.3) is 5.91 Å². The number of para-hydroxylation sites is 1. The molecule has 1 aromatic heterocycles. The van der Waals surface area contributed by atoms with Gasteiger partial charge in [0.2, 0.25) is 0 Å². The Balaban J connectivity index is 1.62. The molecule has 3 aromatic rings. The zero-order valence-corrected chi connectivity index (χ0v) is 15.5. The number of hydrogen-bond donors (Lipinski definition) is 0. The van der Waals surface area contributed by atoms with Crippen molar-refractivity contribution in [3.8, 4) is 17.0 Å². The number of nitrogens with zero attached hydrogens (tertiary/aromatic N) is 2. The van der Waals surface area contributed by atoms with E-state index in [0.29, 0.717) is 37.1 Å². The van der Waals surface area contributed by atoms with Gasteiger partial charge in [-0.1, -0.05) is 35.9 Å². The molecule has 0 atom stereocenters. The van der Waals surface area contributed by atoms with Gasteiger partial charge < -0.3 is 14.4 Å². The van der Waals surface area contributed by atoms with E-state index in [4.69, 9.17) is 26.1 Å².